The molecule has 2 aromatic carbocycles. The second-order valence-corrected chi connectivity index (χ2v) is 8.52. The smallest absolute Gasteiger partial charge is 0.412 e. The van der Waals surface area contributed by atoms with E-state index in [0.717, 1.165) is 11.1 Å². The van der Waals surface area contributed by atoms with Crippen LogP contribution in [0.3, 0.4) is 0 Å². The van der Waals surface area contributed by atoms with E-state index in [9.17, 15) is 9.59 Å². The highest BCUT2D eigenvalue weighted by atomic mass is 16.6. The van der Waals surface area contributed by atoms with E-state index in [0.29, 0.717) is 35.9 Å². The minimum absolute atomic E-state index is 0.273. The van der Waals surface area contributed by atoms with Crippen molar-refractivity contribution in [3.05, 3.63) is 83.7 Å². The number of anilines is 1. The summed E-state index contributed by atoms with van der Waals surface area (Å²) in [5.41, 5.74) is 2.12. The quantitative estimate of drug-likeness (QED) is 0.491. The van der Waals surface area contributed by atoms with Crippen LogP contribution in [0.5, 0.6) is 11.5 Å². The number of amides is 2. The van der Waals surface area contributed by atoms with Gasteiger partial charge in [-0.05, 0) is 74.4 Å². The van der Waals surface area contributed by atoms with Gasteiger partial charge in [0.1, 0.15) is 12.2 Å². The Kier molecular flexibility index (Phi) is 8.08. The Morgan fingerprint density at radius 2 is 1.71 bits per heavy atom. The van der Waals surface area contributed by atoms with Crippen LogP contribution < -0.4 is 20.1 Å². The molecule has 0 aliphatic heterocycles. The van der Waals surface area contributed by atoms with Crippen molar-refractivity contribution in [2.24, 2.45) is 0 Å². The van der Waals surface area contributed by atoms with Crippen LogP contribution >= 0.6 is 0 Å². The van der Waals surface area contributed by atoms with Crippen molar-refractivity contribution < 1.29 is 23.8 Å². The maximum absolute atomic E-state index is 12.6. The topological polar surface area (TPSA) is 98.8 Å². The van der Waals surface area contributed by atoms with Gasteiger partial charge in [0.2, 0.25) is 0 Å². The number of nitrogens with one attached hydrogen (secondary N) is 2. The zero-order valence-corrected chi connectivity index (χ0v) is 19.8. The van der Waals surface area contributed by atoms with E-state index in [-0.39, 0.29) is 5.91 Å². The van der Waals surface area contributed by atoms with Crippen LogP contribution in [0.25, 0.3) is 0 Å². The molecule has 0 fully saturated rings. The average Bonchev–Trinajstić information content (AvgIpc) is 2.81. The fourth-order valence-corrected chi connectivity index (χ4v) is 3.03. The van der Waals surface area contributed by atoms with Gasteiger partial charge in [0.25, 0.3) is 5.91 Å². The summed E-state index contributed by atoms with van der Waals surface area (Å²) >= 11 is 0. The lowest BCUT2D eigenvalue weighted by molar-refractivity contribution is 0.0635. The Labute approximate surface area is 199 Å². The largest absolute Gasteiger partial charge is 0.493 e. The van der Waals surface area contributed by atoms with Gasteiger partial charge >= 0.3 is 6.09 Å². The van der Waals surface area contributed by atoms with E-state index in [1.54, 1.807) is 64.5 Å². The molecule has 8 nitrogen and oxygen atoms in total. The van der Waals surface area contributed by atoms with Crippen molar-refractivity contribution in [3.8, 4) is 11.5 Å². The molecule has 3 rings (SSSR count). The molecule has 0 unspecified atom stereocenters. The van der Waals surface area contributed by atoms with Gasteiger partial charge in [-0.15, -0.1) is 0 Å². The summed E-state index contributed by atoms with van der Waals surface area (Å²) < 4.78 is 16.6. The number of hydrogen-bond acceptors (Lipinski definition) is 6. The third-order valence-electron chi connectivity index (χ3n) is 4.59. The molecule has 0 spiro atoms. The SMILES string of the molecule is COc1cc(CNC(=O)c2cccc(NC(=O)OC(C)(C)C)c2)ccc1OCc1ccncc1. The lowest BCUT2D eigenvalue weighted by Crippen LogP contribution is -2.27. The van der Waals surface area contributed by atoms with Crippen LogP contribution in [0.1, 0.15) is 42.3 Å². The van der Waals surface area contributed by atoms with Crippen LogP contribution in [0, 0.1) is 0 Å². The summed E-state index contributed by atoms with van der Waals surface area (Å²) in [5.74, 6) is 0.907. The molecule has 3 aromatic rings. The van der Waals surface area contributed by atoms with Gasteiger partial charge in [-0.2, -0.15) is 0 Å². The van der Waals surface area contributed by atoms with E-state index in [1.165, 1.54) is 0 Å². The Balaban J connectivity index is 1.58. The van der Waals surface area contributed by atoms with Gasteiger partial charge in [0.05, 0.1) is 7.11 Å². The summed E-state index contributed by atoms with van der Waals surface area (Å²) in [7, 11) is 1.57. The number of pyridine rings is 1. The van der Waals surface area contributed by atoms with Crippen LogP contribution in [0.2, 0.25) is 0 Å². The molecule has 2 N–H and O–H groups in total. The third kappa shape index (κ3) is 7.51. The maximum Gasteiger partial charge on any atom is 0.412 e. The van der Waals surface area contributed by atoms with Crippen molar-refractivity contribution in [1.29, 1.82) is 0 Å². The number of methoxy groups -OCH3 is 1. The van der Waals surface area contributed by atoms with Crippen LogP contribution in [0.15, 0.2) is 67.0 Å². The van der Waals surface area contributed by atoms with Crippen molar-refractivity contribution >= 4 is 17.7 Å². The summed E-state index contributed by atoms with van der Waals surface area (Å²) in [5, 5.41) is 5.51. The molecule has 34 heavy (non-hydrogen) atoms. The predicted molar refractivity (Wildman–Crippen MR) is 129 cm³/mol. The minimum Gasteiger partial charge on any atom is -0.493 e. The normalized spacial score (nSPS) is 10.8. The second-order valence-electron chi connectivity index (χ2n) is 8.52. The number of carbonyl (C=O) groups is 2. The van der Waals surface area contributed by atoms with Gasteiger partial charge < -0.3 is 19.5 Å². The summed E-state index contributed by atoms with van der Waals surface area (Å²) in [4.78, 5) is 28.6. The van der Waals surface area contributed by atoms with Crippen molar-refractivity contribution in [2.75, 3.05) is 12.4 Å². The first-order chi connectivity index (χ1) is 16.2. The first kappa shape index (κ1) is 24.6. The molecule has 0 aliphatic carbocycles. The van der Waals surface area contributed by atoms with Crippen molar-refractivity contribution in [1.82, 2.24) is 10.3 Å². The molecule has 8 heteroatoms. The van der Waals surface area contributed by atoms with Crippen LogP contribution in [-0.2, 0) is 17.9 Å². The Bertz CT molecular complexity index is 1130. The third-order valence-corrected chi connectivity index (χ3v) is 4.59. The Morgan fingerprint density at radius 1 is 0.941 bits per heavy atom. The number of carbonyl (C=O) groups excluding carboxylic acids is 2. The number of rotatable bonds is 8. The molecule has 0 saturated carbocycles. The highest BCUT2D eigenvalue weighted by molar-refractivity contribution is 5.96. The van der Waals surface area contributed by atoms with Gasteiger partial charge in [0.15, 0.2) is 11.5 Å². The molecule has 0 radical (unpaired) electrons. The Hall–Kier alpha value is -4.07. The molecule has 0 bridgehead atoms. The van der Waals surface area contributed by atoms with E-state index >= 15 is 0 Å². The standard InChI is InChI=1S/C26H29N3O5/c1-26(2,3)34-25(31)29-21-7-5-6-20(15-21)24(30)28-16-19-8-9-22(23(14-19)32-4)33-17-18-10-12-27-13-11-18/h5-15H,16-17H2,1-4H3,(H,28,30)(H,29,31). The van der Waals surface area contributed by atoms with Crippen LogP contribution in [0.4, 0.5) is 10.5 Å². The Morgan fingerprint density at radius 3 is 2.41 bits per heavy atom. The number of ether oxygens (including phenoxy) is 3. The molecule has 1 aromatic heterocycles. The monoisotopic (exact) mass is 463 g/mol. The average molecular weight is 464 g/mol. The summed E-state index contributed by atoms with van der Waals surface area (Å²) in [6.07, 6.45) is 2.85. The van der Waals surface area contributed by atoms with E-state index in [2.05, 4.69) is 15.6 Å². The molecule has 2 amide bonds. The molecule has 0 saturated heterocycles. The summed E-state index contributed by atoms with van der Waals surface area (Å²) in [6.45, 7) is 6.04. The molecule has 178 valence electrons. The fourth-order valence-electron chi connectivity index (χ4n) is 3.03. The number of nitrogens with zero attached hydrogens (tertiary/aromatic N) is 1. The van der Waals surface area contributed by atoms with E-state index in [1.807, 2.05) is 30.3 Å². The molecular weight excluding hydrogens is 434 g/mol. The van der Waals surface area contributed by atoms with Gasteiger partial charge in [-0.1, -0.05) is 12.1 Å². The zero-order chi connectivity index (χ0) is 24.6. The number of hydrogen-bond donors (Lipinski definition) is 2. The number of benzene rings is 2. The first-order valence-corrected chi connectivity index (χ1v) is 10.8. The second kappa shape index (κ2) is 11.2. The van der Waals surface area contributed by atoms with Crippen LogP contribution in [-0.4, -0.2) is 29.7 Å². The zero-order valence-electron chi connectivity index (χ0n) is 19.8. The van der Waals surface area contributed by atoms with Crippen molar-refractivity contribution in [3.63, 3.8) is 0 Å². The summed E-state index contributed by atoms with van der Waals surface area (Å²) in [6, 6.07) is 15.9. The van der Waals surface area contributed by atoms with Gasteiger partial charge in [-0.3, -0.25) is 15.1 Å². The van der Waals surface area contributed by atoms with Gasteiger partial charge in [0, 0.05) is 30.2 Å². The lowest BCUT2D eigenvalue weighted by atomic mass is 10.1. The molecule has 1 heterocycles. The highest BCUT2D eigenvalue weighted by Gasteiger charge is 2.16. The number of aromatic nitrogens is 1. The molecule has 0 atom stereocenters. The fraction of sp³-hybridized carbons (Fsp3) is 0.269. The highest BCUT2D eigenvalue weighted by Crippen LogP contribution is 2.29. The van der Waals surface area contributed by atoms with E-state index < -0.39 is 11.7 Å². The molecular formula is C26H29N3O5. The maximum atomic E-state index is 12.6. The minimum atomic E-state index is -0.611. The van der Waals surface area contributed by atoms with E-state index in [4.69, 9.17) is 14.2 Å². The van der Waals surface area contributed by atoms with Gasteiger partial charge in [-0.25, -0.2) is 4.79 Å². The molecule has 0 aliphatic rings. The predicted octanol–water partition coefficient (Wildman–Crippen LogP) is 4.95. The lowest BCUT2D eigenvalue weighted by Gasteiger charge is -2.19. The van der Waals surface area contributed by atoms with Crippen molar-refractivity contribution in [2.45, 2.75) is 39.5 Å². The first-order valence-electron chi connectivity index (χ1n) is 10.8.